The van der Waals surface area contributed by atoms with Crippen molar-refractivity contribution in [3.63, 3.8) is 0 Å². The van der Waals surface area contributed by atoms with Gasteiger partial charge in [-0.15, -0.1) is 0 Å². The van der Waals surface area contributed by atoms with Crippen molar-refractivity contribution >= 4 is 27.4 Å². The number of benzene rings is 2. The summed E-state index contributed by atoms with van der Waals surface area (Å²) in [4.78, 5) is 23.8. The van der Waals surface area contributed by atoms with Gasteiger partial charge in [0.2, 0.25) is 6.79 Å². The van der Waals surface area contributed by atoms with Crippen LogP contribution in [0.4, 0.5) is 5.69 Å². The van der Waals surface area contributed by atoms with Gasteiger partial charge in [-0.3, -0.25) is 4.79 Å². The van der Waals surface area contributed by atoms with Crippen LogP contribution in [-0.4, -0.2) is 38.4 Å². The lowest BCUT2D eigenvalue weighted by Crippen LogP contribution is -2.17. The molecule has 1 heterocycles. The third-order valence-electron chi connectivity index (χ3n) is 3.52. The molecule has 0 saturated carbocycles. The van der Waals surface area contributed by atoms with Crippen molar-refractivity contribution in [1.29, 1.82) is 0 Å². The SMILES string of the molecule is CS(=O)(=O)c1ccccc1C(=O)Nc1cc2c(cc1C(=O)O)OCO2. The number of ether oxygens (including phenoxy) is 2. The number of hydrogen-bond acceptors (Lipinski definition) is 6. The maximum Gasteiger partial charge on any atom is 0.337 e. The monoisotopic (exact) mass is 363 g/mol. The minimum Gasteiger partial charge on any atom is -0.478 e. The van der Waals surface area contributed by atoms with Gasteiger partial charge in [-0.2, -0.15) is 0 Å². The average molecular weight is 363 g/mol. The van der Waals surface area contributed by atoms with E-state index >= 15 is 0 Å². The number of carbonyl (C=O) groups excluding carboxylic acids is 1. The van der Waals surface area contributed by atoms with Crippen LogP contribution in [0.1, 0.15) is 20.7 Å². The molecule has 0 unspecified atom stereocenters. The molecule has 0 atom stereocenters. The van der Waals surface area contributed by atoms with E-state index in [0.717, 1.165) is 6.26 Å². The molecule has 1 aliphatic heterocycles. The standard InChI is InChI=1S/C16H13NO7S/c1-25(21,22)14-5-3-2-4-9(14)15(18)17-11-7-13-12(23-8-24-13)6-10(11)16(19)20/h2-7H,8H2,1H3,(H,17,18)(H,19,20). The van der Waals surface area contributed by atoms with E-state index in [9.17, 15) is 23.1 Å². The zero-order valence-electron chi connectivity index (χ0n) is 13.0. The van der Waals surface area contributed by atoms with Crippen LogP contribution in [0.15, 0.2) is 41.3 Å². The van der Waals surface area contributed by atoms with Gasteiger partial charge in [0.1, 0.15) is 0 Å². The van der Waals surface area contributed by atoms with E-state index in [1.54, 1.807) is 0 Å². The summed E-state index contributed by atoms with van der Waals surface area (Å²) in [7, 11) is -3.63. The van der Waals surface area contributed by atoms with Crippen LogP contribution in [0.2, 0.25) is 0 Å². The first-order chi connectivity index (χ1) is 11.8. The van der Waals surface area contributed by atoms with E-state index in [4.69, 9.17) is 9.47 Å². The summed E-state index contributed by atoms with van der Waals surface area (Å²) < 4.78 is 34.0. The fourth-order valence-corrected chi connectivity index (χ4v) is 3.28. The Labute approximate surface area is 142 Å². The van der Waals surface area contributed by atoms with Crippen LogP contribution in [-0.2, 0) is 9.84 Å². The van der Waals surface area contributed by atoms with Gasteiger partial charge in [0.05, 0.1) is 21.7 Å². The average Bonchev–Trinajstić information content (AvgIpc) is 3.00. The van der Waals surface area contributed by atoms with Gasteiger partial charge in [-0.1, -0.05) is 12.1 Å². The first-order valence-electron chi connectivity index (χ1n) is 7.05. The number of carbonyl (C=O) groups is 2. The van der Waals surface area contributed by atoms with Crippen LogP contribution >= 0.6 is 0 Å². The Kier molecular flexibility index (Phi) is 4.09. The number of fused-ring (bicyclic) bond motifs is 1. The van der Waals surface area contributed by atoms with Crippen LogP contribution in [0, 0.1) is 0 Å². The van der Waals surface area contributed by atoms with Crippen molar-refractivity contribution in [1.82, 2.24) is 0 Å². The van der Waals surface area contributed by atoms with Gasteiger partial charge in [0, 0.05) is 18.4 Å². The minimum atomic E-state index is -3.63. The molecule has 2 aromatic carbocycles. The molecule has 0 aromatic heterocycles. The van der Waals surface area contributed by atoms with Gasteiger partial charge < -0.3 is 19.9 Å². The third kappa shape index (κ3) is 3.26. The molecule has 1 amide bonds. The highest BCUT2D eigenvalue weighted by molar-refractivity contribution is 7.90. The minimum absolute atomic E-state index is 0.0231. The number of rotatable bonds is 4. The fourth-order valence-electron chi connectivity index (χ4n) is 2.39. The zero-order valence-corrected chi connectivity index (χ0v) is 13.8. The number of aromatic carboxylic acids is 1. The van der Waals surface area contributed by atoms with Crippen molar-refractivity contribution in [2.75, 3.05) is 18.4 Å². The van der Waals surface area contributed by atoms with E-state index in [1.165, 1.54) is 36.4 Å². The van der Waals surface area contributed by atoms with E-state index < -0.39 is 21.7 Å². The van der Waals surface area contributed by atoms with Crippen molar-refractivity contribution < 1.29 is 32.6 Å². The lowest BCUT2D eigenvalue weighted by atomic mass is 10.1. The van der Waals surface area contributed by atoms with Crippen LogP contribution < -0.4 is 14.8 Å². The number of anilines is 1. The van der Waals surface area contributed by atoms with E-state index in [0.29, 0.717) is 0 Å². The molecular weight excluding hydrogens is 350 g/mol. The van der Waals surface area contributed by atoms with Gasteiger partial charge >= 0.3 is 5.97 Å². The predicted molar refractivity (Wildman–Crippen MR) is 87.0 cm³/mol. The van der Waals surface area contributed by atoms with Gasteiger partial charge in [0.25, 0.3) is 5.91 Å². The Balaban J connectivity index is 2.02. The Morgan fingerprint density at radius 2 is 1.72 bits per heavy atom. The molecule has 0 radical (unpaired) electrons. The fraction of sp³-hybridized carbons (Fsp3) is 0.125. The second-order valence-electron chi connectivity index (χ2n) is 5.28. The summed E-state index contributed by atoms with van der Waals surface area (Å²) in [6, 6.07) is 8.23. The maximum atomic E-state index is 12.5. The Hall–Kier alpha value is -3.07. The zero-order chi connectivity index (χ0) is 18.2. The molecule has 130 valence electrons. The second kappa shape index (κ2) is 6.10. The Bertz CT molecular complexity index is 982. The quantitative estimate of drug-likeness (QED) is 0.849. The summed E-state index contributed by atoms with van der Waals surface area (Å²) in [5, 5.41) is 11.8. The maximum absolute atomic E-state index is 12.5. The van der Waals surface area contributed by atoms with Crippen molar-refractivity contribution in [2.45, 2.75) is 4.90 Å². The highest BCUT2D eigenvalue weighted by atomic mass is 32.2. The number of carboxylic acid groups (broad SMARTS) is 1. The predicted octanol–water partition coefficient (Wildman–Crippen LogP) is 1.77. The van der Waals surface area contributed by atoms with E-state index in [1.807, 2.05) is 0 Å². The molecule has 0 fully saturated rings. The number of sulfone groups is 1. The van der Waals surface area contributed by atoms with E-state index in [2.05, 4.69) is 5.32 Å². The van der Waals surface area contributed by atoms with Crippen LogP contribution in [0.25, 0.3) is 0 Å². The topological polar surface area (TPSA) is 119 Å². The molecule has 0 saturated heterocycles. The third-order valence-corrected chi connectivity index (χ3v) is 4.68. The lowest BCUT2D eigenvalue weighted by molar-refractivity contribution is 0.0697. The van der Waals surface area contributed by atoms with Crippen molar-refractivity contribution in [3.8, 4) is 11.5 Å². The van der Waals surface area contributed by atoms with E-state index in [-0.39, 0.29) is 40.0 Å². The number of hydrogen-bond donors (Lipinski definition) is 2. The summed E-state index contributed by atoms with van der Waals surface area (Å²) in [5.41, 5.74) is -0.307. The summed E-state index contributed by atoms with van der Waals surface area (Å²) in [5.74, 6) is -1.48. The Morgan fingerprint density at radius 1 is 1.08 bits per heavy atom. The molecule has 2 aromatic rings. The molecule has 3 rings (SSSR count). The van der Waals surface area contributed by atoms with Crippen LogP contribution in [0.5, 0.6) is 11.5 Å². The van der Waals surface area contributed by atoms with Gasteiger partial charge in [-0.25, -0.2) is 13.2 Å². The highest BCUT2D eigenvalue weighted by Crippen LogP contribution is 2.37. The molecule has 25 heavy (non-hydrogen) atoms. The highest BCUT2D eigenvalue weighted by Gasteiger charge is 2.24. The molecule has 0 bridgehead atoms. The summed E-state index contributed by atoms with van der Waals surface area (Å²) >= 11 is 0. The molecule has 0 aliphatic carbocycles. The van der Waals surface area contributed by atoms with Crippen LogP contribution in [0.3, 0.4) is 0 Å². The summed E-state index contributed by atoms with van der Waals surface area (Å²) in [6.07, 6.45) is 0.988. The smallest absolute Gasteiger partial charge is 0.337 e. The first-order valence-corrected chi connectivity index (χ1v) is 8.94. The molecule has 8 nitrogen and oxygen atoms in total. The second-order valence-corrected chi connectivity index (χ2v) is 7.26. The van der Waals surface area contributed by atoms with Crippen molar-refractivity contribution in [2.24, 2.45) is 0 Å². The van der Waals surface area contributed by atoms with Gasteiger partial charge in [0.15, 0.2) is 21.3 Å². The number of nitrogens with one attached hydrogen (secondary N) is 1. The Morgan fingerprint density at radius 3 is 2.36 bits per heavy atom. The lowest BCUT2D eigenvalue weighted by Gasteiger charge is -2.11. The molecular formula is C16H13NO7S. The number of carboxylic acids is 1. The number of amides is 1. The molecule has 2 N–H and O–H groups in total. The normalized spacial score (nSPS) is 12.7. The molecule has 9 heteroatoms. The molecule has 1 aliphatic rings. The molecule has 0 spiro atoms. The van der Waals surface area contributed by atoms with Crippen molar-refractivity contribution in [3.05, 3.63) is 47.5 Å². The van der Waals surface area contributed by atoms with Gasteiger partial charge in [-0.05, 0) is 12.1 Å². The largest absolute Gasteiger partial charge is 0.478 e. The first kappa shape index (κ1) is 16.8. The summed E-state index contributed by atoms with van der Waals surface area (Å²) in [6.45, 7) is -0.0529.